The normalized spacial score (nSPS) is 11.2. The lowest BCUT2D eigenvalue weighted by Gasteiger charge is -2.02. The summed E-state index contributed by atoms with van der Waals surface area (Å²) in [6, 6.07) is 0. The Hall–Kier alpha value is -0.200. The van der Waals surface area contributed by atoms with E-state index in [0.29, 0.717) is 6.42 Å². The maximum atomic E-state index is 10.2. The molecule has 0 aromatic heterocycles. The zero-order valence-electron chi connectivity index (χ0n) is 11.3. The Morgan fingerprint density at radius 2 is 1.22 bits per heavy atom. The molecule has 0 heterocycles. The largest absolute Gasteiger partial charge is 0.397 e. The summed E-state index contributed by atoms with van der Waals surface area (Å²) in [5.41, 5.74) is 0. The average molecular weight is 286 g/mol. The van der Waals surface area contributed by atoms with Crippen LogP contribution < -0.4 is 0 Å². The minimum atomic E-state index is -4.23. The van der Waals surface area contributed by atoms with Gasteiger partial charge in [-0.2, -0.15) is 8.42 Å². The third-order valence-corrected chi connectivity index (χ3v) is 3.19. The first-order valence-corrected chi connectivity index (χ1v) is 8.04. The Labute approximate surface area is 110 Å². The predicted molar refractivity (Wildman–Crippen MR) is 71.8 cm³/mol. The van der Waals surface area contributed by atoms with Gasteiger partial charge >= 0.3 is 10.4 Å². The van der Waals surface area contributed by atoms with Crippen LogP contribution in [0, 0.1) is 0 Å². The van der Waals surface area contributed by atoms with Crippen LogP contribution in [-0.4, -0.2) is 19.6 Å². The Morgan fingerprint density at radius 1 is 0.833 bits per heavy atom. The molecule has 0 bridgehead atoms. The summed E-state index contributed by atoms with van der Waals surface area (Å²) >= 11 is 0. The van der Waals surface area contributed by atoms with E-state index in [2.05, 4.69) is 11.1 Å². The second-order valence-corrected chi connectivity index (χ2v) is 5.52. The summed E-state index contributed by atoms with van der Waals surface area (Å²) in [4.78, 5) is 0. The minimum Gasteiger partial charge on any atom is -0.269 e. The fourth-order valence-electron chi connectivity index (χ4n) is 1.75. The van der Waals surface area contributed by atoms with Gasteiger partial charge in [0.2, 0.25) is 0 Å². The number of unbranched alkanes of at least 4 members (excludes halogenated alkanes) is 9. The highest BCUT2D eigenvalue weighted by molar-refractivity contribution is 7.80. The van der Waals surface area contributed by atoms with Gasteiger partial charge in [0.1, 0.15) is 0 Å². The van der Waals surface area contributed by atoms with Gasteiger partial charge in [-0.1, -0.05) is 64.7 Å². The number of hydrogen-bond acceptors (Lipinski definition) is 3. The molecule has 0 aliphatic carbocycles. The molecule has 0 rings (SSSR count). The summed E-state index contributed by atoms with van der Waals surface area (Å²) < 4.78 is 33.0. The van der Waals surface area contributed by atoms with Crippen LogP contribution >= 0.6 is 0 Å². The molecule has 18 heavy (non-hydrogen) atoms. The van der Waals surface area contributed by atoms with Crippen LogP contribution in [0.1, 0.15) is 71.1 Å². The Balaban J connectivity index is 0. The Bertz CT molecular complexity index is 255. The highest BCUT2D eigenvalue weighted by Gasteiger charge is 2.02. The van der Waals surface area contributed by atoms with Gasteiger partial charge in [0.25, 0.3) is 0 Å². The monoisotopic (exact) mass is 286 g/mol. The van der Waals surface area contributed by atoms with Crippen LogP contribution in [-0.2, 0) is 14.6 Å². The van der Waals surface area contributed by atoms with Crippen LogP contribution in [0.4, 0.5) is 4.70 Å². The van der Waals surface area contributed by atoms with Crippen molar-refractivity contribution in [3.63, 3.8) is 0 Å². The third kappa shape index (κ3) is 18.2. The molecule has 0 aliphatic heterocycles. The molecule has 0 atom stereocenters. The van der Waals surface area contributed by atoms with E-state index in [9.17, 15) is 8.42 Å². The molecule has 6 heteroatoms. The van der Waals surface area contributed by atoms with Crippen molar-refractivity contribution in [3.8, 4) is 0 Å². The number of halogens is 1. The van der Waals surface area contributed by atoms with Crippen molar-refractivity contribution in [2.75, 3.05) is 6.61 Å². The lowest BCUT2D eigenvalue weighted by Crippen LogP contribution is -2.04. The highest BCUT2D eigenvalue weighted by Crippen LogP contribution is 2.10. The SMILES string of the molecule is CCCCCCCCCCCCOS(=O)(=O)O.F. The van der Waals surface area contributed by atoms with Gasteiger partial charge in [0.15, 0.2) is 0 Å². The molecular weight excluding hydrogens is 259 g/mol. The number of rotatable bonds is 12. The maximum Gasteiger partial charge on any atom is 0.397 e. The van der Waals surface area contributed by atoms with E-state index >= 15 is 0 Å². The lowest BCUT2D eigenvalue weighted by molar-refractivity contribution is 0.261. The van der Waals surface area contributed by atoms with Crippen molar-refractivity contribution < 1.29 is 21.9 Å². The van der Waals surface area contributed by atoms with E-state index in [4.69, 9.17) is 4.55 Å². The van der Waals surface area contributed by atoms with Crippen molar-refractivity contribution in [2.24, 2.45) is 0 Å². The van der Waals surface area contributed by atoms with Crippen LogP contribution in [0.25, 0.3) is 0 Å². The Kier molecular flexibility index (Phi) is 14.8. The molecule has 0 aliphatic rings. The summed E-state index contributed by atoms with van der Waals surface area (Å²) in [6.45, 7) is 2.31. The predicted octanol–water partition coefficient (Wildman–Crippen LogP) is 3.88. The first-order chi connectivity index (χ1) is 8.06. The van der Waals surface area contributed by atoms with Gasteiger partial charge in [-0.15, -0.1) is 0 Å². The van der Waals surface area contributed by atoms with Gasteiger partial charge < -0.3 is 0 Å². The fourth-order valence-corrected chi connectivity index (χ4v) is 2.08. The Morgan fingerprint density at radius 3 is 1.61 bits per heavy atom. The molecule has 0 fully saturated rings. The summed E-state index contributed by atoms with van der Waals surface area (Å²) in [7, 11) is -4.23. The van der Waals surface area contributed by atoms with E-state index in [0.717, 1.165) is 12.8 Å². The molecule has 0 aromatic rings. The molecule has 0 saturated heterocycles. The molecule has 1 N–H and O–H groups in total. The van der Waals surface area contributed by atoms with Crippen molar-refractivity contribution in [3.05, 3.63) is 0 Å². The minimum absolute atomic E-state index is 0. The van der Waals surface area contributed by atoms with Crippen LogP contribution in [0.5, 0.6) is 0 Å². The molecule has 4 nitrogen and oxygen atoms in total. The van der Waals surface area contributed by atoms with E-state index in [-0.39, 0.29) is 11.3 Å². The van der Waals surface area contributed by atoms with E-state index in [1.807, 2.05) is 0 Å². The van der Waals surface area contributed by atoms with Crippen molar-refractivity contribution in [2.45, 2.75) is 71.1 Å². The van der Waals surface area contributed by atoms with Crippen LogP contribution in [0.3, 0.4) is 0 Å². The molecule has 0 unspecified atom stereocenters. The number of hydrogen-bond donors (Lipinski definition) is 1. The molecule has 0 aromatic carbocycles. The average Bonchev–Trinajstić information content (AvgIpc) is 2.24. The zero-order chi connectivity index (χ0) is 13.0. The maximum absolute atomic E-state index is 10.2. The second-order valence-electron chi connectivity index (χ2n) is 4.43. The molecule has 112 valence electrons. The third-order valence-electron chi connectivity index (χ3n) is 2.73. The van der Waals surface area contributed by atoms with E-state index in [1.54, 1.807) is 0 Å². The quantitative estimate of drug-likeness (QED) is 0.437. The fraction of sp³-hybridized carbons (Fsp3) is 1.00. The highest BCUT2D eigenvalue weighted by atomic mass is 32.3. The van der Waals surface area contributed by atoms with Gasteiger partial charge in [0, 0.05) is 0 Å². The van der Waals surface area contributed by atoms with Crippen LogP contribution in [0.2, 0.25) is 0 Å². The smallest absolute Gasteiger partial charge is 0.269 e. The topological polar surface area (TPSA) is 63.6 Å². The first kappa shape index (κ1) is 20.1. The van der Waals surface area contributed by atoms with Gasteiger partial charge in [-0.05, 0) is 6.42 Å². The molecule has 0 spiro atoms. The molecule has 0 saturated carbocycles. The first-order valence-electron chi connectivity index (χ1n) is 6.68. The van der Waals surface area contributed by atoms with Crippen molar-refractivity contribution in [1.82, 2.24) is 0 Å². The van der Waals surface area contributed by atoms with Crippen molar-refractivity contribution in [1.29, 1.82) is 0 Å². The van der Waals surface area contributed by atoms with Gasteiger partial charge in [0.05, 0.1) is 6.61 Å². The van der Waals surface area contributed by atoms with E-state index < -0.39 is 10.4 Å². The second kappa shape index (κ2) is 13.2. The summed E-state index contributed by atoms with van der Waals surface area (Å²) in [5, 5.41) is 0. The molecule has 0 amide bonds. The van der Waals surface area contributed by atoms with Crippen molar-refractivity contribution >= 4 is 10.4 Å². The molecule has 0 radical (unpaired) electrons. The zero-order valence-corrected chi connectivity index (χ0v) is 12.1. The van der Waals surface area contributed by atoms with Gasteiger partial charge in [-0.3, -0.25) is 9.26 Å². The van der Waals surface area contributed by atoms with Crippen LogP contribution in [0.15, 0.2) is 0 Å². The standard InChI is InChI=1S/C12H26O4S.FH/c1-2-3-4-5-6-7-8-9-10-11-12-16-17(13,14)15;/h2-12H2,1H3,(H,13,14,15);1H. The summed E-state index contributed by atoms with van der Waals surface area (Å²) in [5.74, 6) is 0. The lowest BCUT2D eigenvalue weighted by atomic mass is 10.1. The molecular formula is C12H27FO4S. The van der Waals surface area contributed by atoms with E-state index in [1.165, 1.54) is 44.9 Å². The van der Waals surface area contributed by atoms with Gasteiger partial charge in [-0.25, -0.2) is 4.18 Å². The summed E-state index contributed by atoms with van der Waals surface area (Å²) in [6.07, 6.45) is 11.9.